The molecule has 0 radical (unpaired) electrons. The lowest BCUT2D eigenvalue weighted by molar-refractivity contribution is -0.384. The normalized spacial score (nSPS) is 10.4. The standard InChI is InChI=1S/C28H27N3O6/c1-34-23-12-10-21(11-13-23)18-36-26-16-22(17-30-28-24(31(32)33)9-6-14-29-28)15-25(35-2)27(26)37-19-20-7-4-3-5-8-20/h3-16H,17-19H2,1-2H3,(H,29,30). The minimum atomic E-state index is -0.472. The molecule has 0 aliphatic heterocycles. The van der Waals surface area contributed by atoms with E-state index in [9.17, 15) is 10.1 Å². The van der Waals surface area contributed by atoms with Crippen molar-refractivity contribution >= 4 is 11.5 Å². The number of methoxy groups -OCH3 is 2. The van der Waals surface area contributed by atoms with Gasteiger partial charge in [0, 0.05) is 18.8 Å². The van der Waals surface area contributed by atoms with Crippen LogP contribution in [0.25, 0.3) is 0 Å². The third-order valence-corrected chi connectivity index (χ3v) is 5.52. The Morgan fingerprint density at radius 1 is 0.811 bits per heavy atom. The number of benzene rings is 3. The van der Waals surface area contributed by atoms with Gasteiger partial charge >= 0.3 is 5.69 Å². The monoisotopic (exact) mass is 501 g/mol. The van der Waals surface area contributed by atoms with E-state index in [4.69, 9.17) is 18.9 Å². The molecule has 0 spiro atoms. The Labute approximate surface area is 214 Å². The van der Waals surface area contributed by atoms with Crippen LogP contribution >= 0.6 is 0 Å². The van der Waals surface area contributed by atoms with Crippen LogP contribution < -0.4 is 24.3 Å². The average Bonchev–Trinajstić information content (AvgIpc) is 2.94. The van der Waals surface area contributed by atoms with Crippen molar-refractivity contribution < 1.29 is 23.9 Å². The molecule has 0 fully saturated rings. The molecule has 9 heteroatoms. The first-order chi connectivity index (χ1) is 18.1. The van der Waals surface area contributed by atoms with Crippen molar-refractivity contribution in [3.05, 3.63) is 112 Å². The molecule has 0 aliphatic carbocycles. The quantitative estimate of drug-likeness (QED) is 0.192. The van der Waals surface area contributed by atoms with Crippen LogP contribution in [-0.4, -0.2) is 24.1 Å². The number of rotatable bonds is 12. The van der Waals surface area contributed by atoms with Crippen LogP contribution in [0.1, 0.15) is 16.7 Å². The van der Waals surface area contributed by atoms with E-state index in [0.717, 1.165) is 22.4 Å². The summed E-state index contributed by atoms with van der Waals surface area (Å²) in [5.74, 6) is 2.37. The first-order valence-corrected chi connectivity index (χ1v) is 11.5. The van der Waals surface area contributed by atoms with E-state index >= 15 is 0 Å². The van der Waals surface area contributed by atoms with E-state index in [2.05, 4.69) is 10.3 Å². The molecule has 0 saturated carbocycles. The van der Waals surface area contributed by atoms with E-state index in [0.29, 0.717) is 23.9 Å². The van der Waals surface area contributed by atoms with Crippen LogP contribution in [0.3, 0.4) is 0 Å². The van der Waals surface area contributed by atoms with Crippen LogP contribution in [0.2, 0.25) is 0 Å². The van der Waals surface area contributed by atoms with Gasteiger partial charge < -0.3 is 24.3 Å². The summed E-state index contributed by atoms with van der Waals surface area (Å²) in [7, 11) is 3.17. The molecule has 0 saturated heterocycles. The van der Waals surface area contributed by atoms with E-state index in [-0.39, 0.29) is 24.7 Å². The molecule has 0 unspecified atom stereocenters. The summed E-state index contributed by atoms with van der Waals surface area (Å²) in [6.45, 7) is 0.872. The van der Waals surface area contributed by atoms with Crippen molar-refractivity contribution in [2.45, 2.75) is 19.8 Å². The lowest BCUT2D eigenvalue weighted by Crippen LogP contribution is -2.07. The summed E-state index contributed by atoms with van der Waals surface area (Å²) in [6.07, 6.45) is 1.50. The number of anilines is 1. The maximum Gasteiger partial charge on any atom is 0.311 e. The van der Waals surface area contributed by atoms with Gasteiger partial charge in [0.05, 0.1) is 19.1 Å². The molecular weight excluding hydrogens is 474 g/mol. The zero-order valence-corrected chi connectivity index (χ0v) is 20.5. The summed E-state index contributed by atoms with van der Waals surface area (Å²) >= 11 is 0. The fourth-order valence-corrected chi connectivity index (χ4v) is 3.61. The van der Waals surface area contributed by atoms with Crippen LogP contribution in [-0.2, 0) is 19.8 Å². The second-order valence-corrected chi connectivity index (χ2v) is 8.02. The highest BCUT2D eigenvalue weighted by Crippen LogP contribution is 2.40. The number of aromatic nitrogens is 1. The van der Waals surface area contributed by atoms with Gasteiger partial charge in [0.25, 0.3) is 0 Å². The van der Waals surface area contributed by atoms with Crippen LogP contribution in [0, 0.1) is 10.1 Å². The zero-order chi connectivity index (χ0) is 26.0. The van der Waals surface area contributed by atoms with Crippen LogP contribution in [0.4, 0.5) is 11.5 Å². The molecule has 1 heterocycles. The summed E-state index contributed by atoms with van der Waals surface area (Å²) in [5, 5.41) is 14.4. The number of pyridine rings is 1. The van der Waals surface area contributed by atoms with E-state index in [1.165, 1.54) is 18.3 Å². The second-order valence-electron chi connectivity index (χ2n) is 8.02. The second kappa shape index (κ2) is 12.3. The molecule has 3 aromatic carbocycles. The Balaban J connectivity index is 1.59. The lowest BCUT2D eigenvalue weighted by atomic mass is 10.1. The minimum Gasteiger partial charge on any atom is -0.497 e. The number of nitrogens with one attached hydrogen (secondary N) is 1. The number of hydrogen-bond acceptors (Lipinski definition) is 8. The Hall–Kier alpha value is -4.79. The van der Waals surface area contributed by atoms with E-state index < -0.39 is 4.92 Å². The summed E-state index contributed by atoms with van der Waals surface area (Å²) < 4.78 is 23.2. The van der Waals surface area contributed by atoms with Gasteiger partial charge in [-0.25, -0.2) is 4.98 Å². The Morgan fingerprint density at radius 2 is 1.51 bits per heavy atom. The molecule has 0 bridgehead atoms. The zero-order valence-electron chi connectivity index (χ0n) is 20.5. The highest BCUT2D eigenvalue weighted by atomic mass is 16.6. The van der Waals surface area contributed by atoms with Gasteiger partial charge in [0.1, 0.15) is 19.0 Å². The Kier molecular flexibility index (Phi) is 8.38. The molecule has 4 aromatic rings. The minimum absolute atomic E-state index is 0.103. The van der Waals surface area contributed by atoms with Crippen molar-refractivity contribution in [3.8, 4) is 23.0 Å². The Morgan fingerprint density at radius 3 is 2.22 bits per heavy atom. The molecule has 0 aliphatic rings. The summed E-state index contributed by atoms with van der Waals surface area (Å²) in [5.41, 5.74) is 2.61. The van der Waals surface area contributed by atoms with E-state index in [1.54, 1.807) is 14.2 Å². The van der Waals surface area contributed by atoms with Gasteiger partial charge in [-0.3, -0.25) is 10.1 Å². The number of ether oxygens (including phenoxy) is 4. The molecule has 0 atom stereocenters. The highest BCUT2D eigenvalue weighted by Gasteiger charge is 2.18. The molecule has 9 nitrogen and oxygen atoms in total. The van der Waals surface area contributed by atoms with Crippen molar-refractivity contribution in [2.75, 3.05) is 19.5 Å². The number of nitro groups is 1. The number of nitrogens with zero attached hydrogens (tertiary/aromatic N) is 2. The molecule has 37 heavy (non-hydrogen) atoms. The number of hydrogen-bond donors (Lipinski definition) is 1. The van der Waals surface area contributed by atoms with Crippen molar-refractivity contribution in [3.63, 3.8) is 0 Å². The van der Waals surface area contributed by atoms with Crippen molar-refractivity contribution in [2.24, 2.45) is 0 Å². The molecule has 1 aromatic heterocycles. The predicted molar refractivity (Wildman–Crippen MR) is 139 cm³/mol. The van der Waals surface area contributed by atoms with Gasteiger partial charge in [0.2, 0.25) is 11.6 Å². The van der Waals surface area contributed by atoms with Gasteiger partial charge in [-0.2, -0.15) is 0 Å². The largest absolute Gasteiger partial charge is 0.497 e. The SMILES string of the molecule is COc1ccc(COc2cc(CNc3ncccc3[N+](=O)[O-])cc(OC)c2OCc2ccccc2)cc1. The maximum atomic E-state index is 11.3. The molecule has 1 N–H and O–H groups in total. The van der Waals surface area contributed by atoms with Crippen LogP contribution in [0.15, 0.2) is 85.1 Å². The summed E-state index contributed by atoms with van der Waals surface area (Å²) in [4.78, 5) is 15.0. The van der Waals surface area contributed by atoms with Gasteiger partial charge in [-0.1, -0.05) is 42.5 Å². The first kappa shape index (κ1) is 25.3. The fourth-order valence-electron chi connectivity index (χ4n) is 3.61. The first-order valence-electron chi connectivity index (χ1n) is 11.5. The molecule has 0 amide bonds. The van der Waals surface area contributed by atoms with Crippen molar-refractivity contribution in [1.29, 1.82) is 0 Å². The van der Waals surface area contributed by atoms with Gasteiger partial charge in [0.15, 0.2) is 11.5 Å². The molecule has 190 valence electrons. The maximum absolute atomic E-state index is 11.3. The predicted octanol–water partition coefficient (Wildman–Crippen LogP) is 5.78. The topological polar surface area (TPSA) is 105 Å². The van der Waals surface area contributed by atoms with Crippen LogP contribution in [0.5, 0.6) is 23.0 Å². The van der Waals surface area contributed by atoms with Gasteiger partial charge in [-0.05, 0) is 47.0 Å². The molecular formula is C28H27N3O6. The van der Waals surface area contributed by atoms with E-state index in [1.807, 2.05) is 66.7 Å². The third kappa shape index (κ3) is 6.66. The Bertz CT molecular complexity index is 1330. The fraction of sp³-hybridized carbons (Fsp3) is 0.179. The lowest BCUT2D eigenvalue weighted by Gasteiger charge is -2.18. The van der Waals surface area contributed by atoms with Gasteiger partial charge in [-0.15, -0.1) is 0 Å². The van der Waals surface area contributed by atoms with Crippen molar-refractivity contribution in [1.82, 2.24) is 4.98 Å². The smallest absolute Gasteiger partial charge is 0.311 e. The highest BCUT2D eigenvalue weighted by molar-refractivity contribution is 5.57. The average molecular weight is 502 g/mol. The summed E-state index contributed by atoms with van der Waals surface area (Å²) in [6, 6.07) is 23.9. The third-order valence-electron chi connectivity index (χ3n) is 5.52. The molecule has 4 rings (SSSR count).